The van der Waals surface area contributed by atoms with Crippen molar-refractivity contribution >= 4 is 23.3 Å². The highest BCUT2D eigenvalue weighted by molar-refractivity contribution is 5.85. The van der Waals surface area contributed by atoms with Crippen molar-refractivity contribution in [3.05, 3.63) is 45.1 Å². The number of benzene rings is 1. The molecule has 6 nitrogen and oxygen atoms in total. The van der Waals surface area contributed by atoms with Crippen LogP contribution in [0.1, 0.15) is 13.8 Å². The molecular formula is C18H26ClN3O3. The first-order chi connectivity index (χ1) is 11.6. The van der Waals surface area contributed by atoms with Gasteiger partial charge >= 0.3 is 5.69 Å². The molecule has 1 fully saturated rings. The highest BCUT2D eigenvalue weighted by Gasteiger charge is 2.15. The van der Waals surface area contributed by atoms with Gasteiger partial charge < -0.3 is 4.74 Å². The lowest BCUT2D eigenvalue weighted by Gasteiger charge is -2.26. The number of halogens is 1. The Kier molecular flexibility index (Phi) is 6.81. The molecule has 1 aromatic carbocycles. The highest BCUT2D eigenvalue weighted by Crippen LogP contribution is 2.09. The van der Waals surface area contributed by atoms with Gasteiger partial charge in [-0.3, -0.25) is 18.8 Å². The zero-order valence-electron chi connectivity index (χ0n) is 14.8. The Morgan fingerprint density at radius 1 is 1.04 bits per heavy atom. The minimum atomic E-state index is -0.208. The average molecular weight is 368 g/mol. The number of hydrogen-bond donors (Lipinski definition) is 0. The first-order valence-electron chi connectivity index (χ1n) is 8.60. The van der Waals surface area contributed by atoms with Crippen molar-refractivity contribution < 1.29 is 4.74 Å². The van der Waals surface area contributed by atoms with Gasteiger partial charge in [-0.1, -0.05) is 26.0 Å². The summed E-state index contributed by atoms with van der Waals surface area (Å²) in [5, 5.41) is 0.611. The molecule has 1 aliphatic rings. The van der Waals surface area contributed by atoms with Crippen molar-refractivity contribution in [3.8, 4) is 0 Å². The molecule has 1 aromatic heterocycles. The quantitative estimate of drug-likeness (QED) is 0.805. The summed E-state index contributed by atoms with van der Waals surface area (Å²) in [6.07, 6.45) is 0. The van der Waals surface area contributed by atoms with E-state index in [0.717, 1.165) is 18.6 Å². The lowest BCUT2D eigenvalue weighted by molar-refractivity contribution is 0.0361. The maximum Gasteiger partial charge on any atom is 0.331 e. The number of rotatable bonds is 5. The average Bonchev–Trinajstić information content (AvgIpc) is 2.59. The molecule has 1 aliphatic heterocycles. The van der Waals surface area contributed by atoms with Crippen molar-refractivity contribution in [1.82, 2.24) is 14.0 Å². The third-order valence-corrected chi connectivity index (χ3v) is 4.42. The van der Waals surface area contributed by atoms with Crippen LogP contribution in [0.15, 0.2) is 33.9 Å². The maximum atomic E-state index is 12.9. The first kappa shape index (κ1) is 19.7. The molecule has 0 amide bonds. The van der Waals surface area contributed by atoms with E-state index in [1.54, 1.807) is 10.6 Å². The second-order valence-electron chi connectivity index (χ2n) is 6.71. The summed E-state index contributed by atoms with van der Waals surface area (Å²) in [5.74, 6) is 0.330. The van der Waals surface area contributed by atoms with Crippen LogP contribution >= 0.6 is 12.4 Å². The number of fused-ring (bicyclic) bond motifs is 1. The van der Waals surface area contributed by atoms with E-state index in [0.29, 0.717) is 44.2 Å². The number of nitrogens with zero attached hydrogens (tertiary/aromatic N) is 3. The topological polar surface area (TPSA) is 56.5 Å². The van der Waals surface area contributed by atoms with Gasteiger partial charge in [-0.15, -0.1) is 12.4 Å². The summed E-state index contributed by atoms with van der Waals surface area (Å²) in [7, 11) is 0. The van der Waals surface area contributed by atoms with Crippen LogP contribution < -0.4 is 11.2 Å². The summed E-state index contributed by atoms with van der Waals surface area (Å²) >= 11 is 0. The fourth-order valence-corrected chi connectivity index (χ4v) is 3.18. The Morgan fingerprint density at radius 2 is 1.72 bits per heavy atom. The van der Waals surface area contributed by atoms with Crippen LogP contribution in [-0.4, -0.2) is 46.9 Å². The molecule has 2 aromatic rings. The minimum Gasteiger partial charge on any atom is -0.379 e. The van der Waals surface area contributed by atoms with Gasteiger partial charge in [0.2, 0.25) is 0 Å². The summed E-state index contributed by atoms with van der Waals surface area (Å²) in [6, 6.07) is 7.38. The van der Waals surface area contributed by atoms with Crippen LogP contribution in [0.2, 0.25) is 0 Å². The molecule has 25 heavy (non-hydrogen) atoms. The molecular weight excluding hydrogens is 342 g/mol. The molecule has 0 saturated carbocycles. The zero-order chi connectivity index (χ0) is 17.1. The van der Waals surface area contributed by atoms with E-state index >= 15 is 0 Å². The molecule has 7 heteroatoms. The predicted molar refractivity (Wildman–Crippen MR) is 102 cm³/mol. The van der Waals surface area contributed by atoms with Crippen LogP contribution in [0, 0.1) is 5.92 Å². The molecule has 0 radical (unpaired) electrons. The molecule has 0 N–H and O–H groups in total. The fourth-order valence-electron chi connectivity index (χ4n) is 3.18. The standard InChI is InChI=1S/C18H25N3O3.ClH/c1-14(2)13-21-16-6-4-3-5-15(16)17(22)20(18(21)23)8-7-19-9-11-24-12-10-19;/h3-6,14H,7-13H2,1-2H3;1H. The molecule has 3 rings (SSSR count). The zero-order valence-corrected chi connectivity index (χ0v) is 15.6. The second-order valence-corrected chi connectivity index (χ2v) is 6.71. The number of aromatic nitrogens is 2. The van der Waals surface area contributed by atoms with E-state index in [1.807, 2.05) is 18.2 Å². The van der Waals surface area contributed by atoms with Crippen molar-refractivity contribution in [1.29, 1.82) is 0 Å². The third-order valence-electron chi connectivity index (χ3n) is 4.42. The van der Waals surface area contributed by atoms with Gasteiger partial charge in [0.15, 0.2) is 0 Å². The molecule has 2 heterocycles. The maximum absolute atomic E-state index is 12.9. The largest absolute Gasteiger partial charge is 0.379 e. The number of morpholine rings is 1. The van der Waals surface area contributed by atoms with E-state index in [9.17, 15) is 9.59 Å². The van der Waals surface area contributed by atoms with Crippen LogP contribution in [0.5, 0.6) is 0 Å². The smallest absolute Gasteiger partial charge is 0.331 e. The number of ether oxygens (including phenoxy) is 1. The molecule has 0 aliphatic carbocycles. The van der Waals surface area contributed by atoms with Crippen molar-refractivity contribution in [2.45, 2.75) is 26.9 Å². The van der Waals surface area contributed by atoms with Crippen LogP contribution in [-0.2, 0) is 17.8 Å². The van der Waals surface area contributed by atoms with E-state index < -0.39 is 0 Å². The van der Waals surface area contributed by atoms with Crippen molar-refractivity contribution in [3.63, 3.8) is 0 Å². The highest BCUT2D eigenvalue weighted by atomic mass is 35.5. The molecule has 138 valence electrons. The van der Waals surface area contributed by atoms with Crippen LogP contribution in [0.4, 0.5) is 0 Å². The lowest BCUT2D eigenvalue weighted by Crippen LogP contribution is -2.45. The Morgan fingerprint density at radius 3 is 2.40 bits per heavy atom. The second kappa shape index (κ2) is 8.65. The van der Waals surface area contributed by atoms with Gasteiger partial charge in [-0.25, -0.2) is 4.79 Å². The van der Waals surface area contributed by atoms with Crippen LogP contribution in [0.3, 0.4) is 0 Å². The van der Waals surface area contributed by atoms with Gasteiger partial charge in [0.05, 0.1) is 24.1 Å². The van der Waals surface area contributed by atoms with Gasteiger partial charge in [0.25, 0.3) is 5.56 Å². The summed E-state index contributed by atoms with van der Waals surface area (Å²) < 4.78 is 8.47. The molecule has 0 spiro atoms. The van der Waals surface area contributed by atoms with E-state index in [1.165, 1.54) is 4.57 Å². The van der Waals surface area contributed by atoms with Crippen molar-refractivity contribution in [2.75, 3.05) is 32.8 Å². The van der Waals surface area contributed by atoms with Crippen molar-refractivity contribution in [2.24, 2.45) is 5.92 Å². The van der Waals surface area contributed by atoms with E-state index in [4.69, 9.17) is 4.74 Å². The van der Waals surface area contributed by atoms with Crippen LogP contribution in [0.25, 0.3) is 10.9 Å². The Labute approximate surface area is 153 Å². The summed E-state index contributed by atoms with van der Waals surface area (Å²) in [4.78, 5) is 27.9. The third kappa shape index (κ3) is 4.32. The Hall–Kier alpha value is -1.63. The molecule has 0 bridgehead atoms. The van der Waals surface area contributed by atoms with Gasteiger partial charge in [-0.2, -0.15) is 0 Å². The summed E-state index contributed by atoms with van der Waals surface area (Å²) in [6.45, 7) is 8.99. The SMILES string of the molecule is CC(C)Cn1c(=O)n(CCN2CCOCC2)c(=O)c2ccccc21.Cl. The van der Waals surface area contributed by atoms with E-state index in [-0.39, 0.29) is 23.7 Å². The minimum absolute atomic E-state index is 0. The molecule has 0 atom stereocenters. The normalized spacial score (nSPS) is 15.5. The number of para-hydroxylation sites is 1. The molecule has 1 saturated heterocycles. The Balaban J connectivity index is 0.00000225. The predicted octanol–water partition coefficient (Wildman–Crippen LogP) is 1.57. The number of hydrogen-bond acceptors (Lipinski definition) is 4. The molecule has 0 unspecified atom stereocenters. The summed E-state index contributed by atoms with van der Waals surface area (Å²) in [5.41, 5.74) is 0.327. The monoisotopic (exact) mass is 367 g/mol. The van der Waals surface area contributed by atoms with Gasteiger partial charge in [0, 0.05) is 32.7 Å². The first-order valence-corrected chi connectivity index (χ1v) is 8.60. The lowest BCUT2D eigenvalue weighted by atomic mass is 10.2. The van der Waals surface area contributed by atoms with Gasteiger partial charge in [-0.05, 0) is 18.1 Å². The van der Waals surface area contributed by atoms with E-state index in [2.05, 4.69) is 18.7 Å². The van der Waals surface area contributed by atoms with Gasteiger partial charge in [0.1, 0.15) is 0 Å². The fraction of sp³-hybridized carbons (Fsp3) is 0.556. The Bertz CT molecular complexity index is 822.